The van der Waals surface area contributed by atoms with Gasteiger partial charge in [0.2, 0.25) is 0 Å². The predicted molar refractivity (Wildman–Crippen MR) is 99.1 cm³/mol. The SMILES string of the molecule is CCCC1CCC(c2ccc(-c3ccc(Br)cc3F)cc2)CC1. The second-order valence-corrected chi connectivity index (χ2v) is 7.67. The summed E-state index contributed by atoms with van der Waals surface area (Å²) in [6, 6.07) is 13.8. The smallest absolute Gasteiger partial charge is 0.132 e. The van der Waals surface area contributed by atoms with Crippen LogP contribution < -0.4 is 0 Å². The van der Waals surface area contributed by atoms with Gasteiger partial charge in [0.1, 0.15) is 5.82 Å². The van der Waals surface area contributed by atoms with Crippen LogP contribution in [0.5, 0.6) is 0 Å². The first-order chi connectivity index (χ1) is 11.2. The minimum absolute atomic E-state index is 0.174. The van der Waals surface area contributed by atoms with Gasteiger partial charge >= 0.3 is 0 Å². The molecule has 23 heavy (non-hydrogen) atoms. The van der Waals surface area contributed by atoms with Gasteiger partial charge in [0, 0.05) is 10.0 Å². The summed E-state index contributed by atoms with van der Waals surface area (Å²) in [5, 5.41) is 0. The van der Waals surface area contributed by atoms with Crippen molar-refractivity contribution in [3.63, 3.8) is 0 Å². The highest BCUT2D eigenvalue weighted by molar-refractivity contribution is 9.10. The Morgan fingerprint density at radius 1 is 1.00 bits per heavy atom. The maximum absolute atomic E-state index is 14.1. The van der Waals surface area contributed by atoms with Gasteiger partial charge < -0.3 is 0 Å². The van der Waals surface area contributed by atoms with Crippen LogP contribution in [-0.2, 0) is 0 Å². The summed E-state index contributed by atoms with van der Waals surface area (Å²) in [6.45, 7) is 2.28. The molecule has 1 aliphatic carbocycles. The fourth-order valence-corrected chi connectivity index (χ4v) is 4.18. The standard InChI is InChI=1S/C21H24BrF/c1-2-3-15-4-6-16(7-5-15)17-8-10-18(11-9-17)20-13-12-19(22)14-21(20)23/h8-16H,2-7H2,1H3. The van der Waals surface area contributed by atoms with E-state index in [9.17, 15) is 4.39 Å². The maximum atomic E-state index is 14.1. The molecule has 1 fully saturated rings. The Balaban J connectivity index is 1.70. The molecule has 2 aromatic carbocycles. The average molecular weight is 375 g/mol. The van der Waals surface area contributed by atoms with Crippen molar-refractivity contribution in [1.82, 2.24) is 0 Å². The zero-order valence-electron chi connectivity index (χ0n) is 13.7. The van der Waals surface area contributed by atoms with E-state index >= 15 is 0 Å². The molecule has 3 rings (SSSR count). The van der Waals surface area contributed by atoms with Crippen LogP contribution in [0.25, 0.3) is 11.1 Å². The molecule has 0 amide bonds. The van der Waals surface area contributed by atoms with Crippen LogP contribution in [-0.4, -0.2) is 0 Å². The number of benzene rings is 2. The monoisotopic (exact) mass is 374 g/mol. The van der Waals surface area contributed by atoms with Crippen molar-refractivity contribution in [2.75, 3.05) is 0 Å². The highest BCUT2D eigenvalue weighted by Crippen LogP contribution is 2.38. The van der Waals surface area contributed by atoms with Crippen molar-refractivity contribution in [3.05, 3.63) is 58.3 Å². The molecule has 0 bridgehead atoms. The molecule has 0 heterocycles. The summed E-state index contributed by atoms with van der Waals surface area (Å²) in [6.07, 6.45) is 8.02. The Hall–Kier alpha value is -1.15. The Bertz CT molecular complexity index is 639. The van der Waals surface area contributed by atoms with E-state index in [0.29, 0.717) is 11.5 Å². The molecule has 0 spiro atoms. The van der Waals surface area contributed by atoms with Gasteiger partial charge in [-0.25, -0.2) is 4.39 Å². The summed E-state index contributed by atoms with van der Waals surface area (Å²) in [7, 11) is 0. The summed E-state index contributed by atoms with van der Waals surface area (Å²) < 4.78 is 14.9. The summed E-state index contributed by atoms with van der Waals surface area (Å²) in [5.74, 6) is 1.45. The normalized spacial score (nSPS) is 21.3. The van der Waals surface area contributed by atoms with E-state index in [-0.39, 0.29) is 5.82 Å². The van der Waals surface area contributed by atoms with Crippen molar-refractivity contribution < 1.29 is 4.39 Å². The predicted octanol–water partition coefficient (Wildman–Crippen LogP) is 7.33. The van der Waals surface area contributed by atoms with E-state index in [1.165, 1.54) is 50.2 Å². The molecule has 122 valence electrons. The van der Waals surface area contributed by atoms with Gasteiger partial charge in [0.25, 0.3) is 0 Å². The molecule has 0 atom stereocenters. The number of hydrogen-bond donors (Lipinski definition) is 0. The fourth-order valence-electron chi connectivity index (χ4n) is 3.85. The zero-order chi connectivity index (χ0) is 16.2. The molecule has 0 unspecified atom stereocenters. The summed E-state index contributed by atoms with van der Waals surface area (Å²) >= 11 is 3.31. The molecule has 0 aliphatic heterocycles. The summed E-state index contributed by atoms with van der Waals surface area (Å²) in [5.41, 5.74) is 3.05. The van der Waals surface area contributed by atoms with Crippen molar-refractivity contribution >= 4 is 15.9 Å². The Labute approximate surface area is 147 Å². The van der Waals surface area contributed by atoms with Crippen LogP contribution in [0.3, 0.4) is 0 Å². The molecule has 0 aromatic heterocycles. The van der Waals surface area contributed by atoms with E-state index in [4.69, 9.17) is 0 Å². The highest BCUT2D eigenvalue weighted by Gasteiger charge is 2.21. The molecular formula is C21H24BrF. The minimum Gasteiger partial charge on any atom is -0.206 e. The van der Waals surface area contributed by atoms with Crippen LogP contribution in [0.2, 0.25) is 0 Å². The van der Waals surface area contributed by atoms with Gasteiger partial charge in [0.15, 0.2) is 0 Å². The van der Waals surface area contributed by atoms with E-state index in [0.717, 1.165) is 16.0 Å². The Kier molecular flexibility index (Phi) is 5.53. The topological polar surface area (TPSA) is 0 Å². The molecule has 2 heteroatoms. The molecule has 0 nitrogen and oxygen atoms in total. The van der Waals surface area contributed by atoms with Gasteiger partial charge in [-0.1, -0.05) is 66.0 Å². The lowest BCUT2D eigenvalue weighted by Crippen LogP contribution is -2.13. The van der Waals surface area contributed by atoms with Gasteiger partial charge in [0.05, 0.1) is 0 Å². The molecular weight excluding hydrogens is 351 g/mol. The number of hydrogen-bond acceptors (Lipinski definition) is 0. The zero-order valence-corrected chi connectivity index (χ0v) is 15.3. The molecule has 0 saturated heterocycles. The molecule has 1 aliphatic rings. The Morgan fingerprint density at radius 3 is 2.30 bits per heavy atom. The lowest BCUT2D eigenvalue weighted by Gasteiger charge is -2.28. The van der Waals surface area contributed by atoms with Gasteiger partial charge in [-0.3, -0.25) is 0 Å². The molecule has 1 saturated carbocycles. The van der Waals surface area contributed by atoms with Crippen LogP contribution >= 0.6 is 15.9 Å². The third kappa shape index (κ3) is 4.03. The second-order valence-electron chi connectivity index (χ2n) is 6.75. The maximum Gasteiger partial charge on any atom is 0.132 e. The third-order valence-electron chi connectivity index (χ3n) is 5.17. The first kappa shape index (κ1) is 16.7. The van der Waals surface area contributed by atoms with Crippen molar-refractivity contribution in [3.8, 4) is 11.1 Å². The van der Waals surface area contributed by atoms with Gasteiger partial charge in [-0.05, 0) is 60.8 Å². The second kappa shape index (κ2) is 7.61. The Morgan fingerprint density at radius 2 is 1.70 bits per heavy atom. The van der Waals surface area contributed by atoms with E-state index in [1.807, 2.05) is 12.1 Å². The van der Waals surface area contributed by atoms with E-state index in [2.05, 4.69) is 47.1 Å². The quantitative estimate of drug-likeness (QED) is 0.525. The van der Waals surface area contributed by atoms with Crippen molar-refractivity contribution in [2.45, 2.75) is 51.4 Å². The van der Waals surface area contributed by atoms with Crippen LogP contribution in [0.1, 0.15) is 56.9 Å². The number of halogens is 2. The van der Waals surface area contributed by atoms with Gasteiger partial charge in [-0.15, -0.1) is 0 Å². The van der Waals surface area contributed by atoms with Crippen molar-refractivity contribution in [1.29, 1.82) is 0 Å². The first-order valence-electron chi connectivity index (χ1n) is 8.72. The average Bonchev–Trinajstić information content (AvgIpc) is 2.56. The number of rotatable bonds is 4. The van der Waals surface area contributed by atoms with E-state index < -0.39 is 0 Å². The van der Waals surface area contributed by atoms with Crippen LogP contribution in [0, 0.1) is 11.7 Å². The molecule has 0 radical (unpaired) electrons. The lowest BCUT2D eigenvalue weighted by molar-refractivity contribution is 0.308. The molecule has 2 aromatic rings. The largest absolute Gasteiger partial charge is 0.206 e. The first-order valence-corrected chi connectivity index (χ1v) is 9.52. The molecule has 0 N–H and O–H groups in total. The van der Waals surface area contributed by atoms with E-state index in [1.54, 1.807) is 0 Å². The fraction of sp³-hybridized carbons (Fsp3) is 0.429. The lowest BCUT2D eigenvalue weighted by atomic mass is 9.77. The highest BCUT2D eigenvalue weighted by atomic mass is 79.9. The van der Waals surface area contributed by atoms with Crippen LogP contribution in [0.15, 0.2) is 46.9 Å². The van der Waals surface area contributed by atoms with Crippen LogP contribution in [0.4, 0.5) is 4.39 Å². The van der Waals surface area contributed by atoms with Gasteiger partial charge in [-0.2, -0.15) is 0 Å². The third-order valence-corrected chi connectivity index (χ3v) is 5.66. The minimum atomic E-state index is -0.174. The summed E-state index contributed by atoms with van der Waals surface area (Å²) in [4.78, 5) is 0. The van der Waals surface area contributed by atoms with Crippen molar-refractivity contribution in [2.24, 2.45) is 5.92 Å².